The fourth-order valence-corrected chi connectivity index (χ4v) is 15.7. The van der Waals surface area contributed by atoms with Crippen molar-refractivity contribution in [1.29, 1.82) is 0 Å². The van der Waals surface area contributed by atoms with Crippen molar-refractivity contribution < 1.29 is 303 Å². The fourth-order valence-electron chi connectivity index (χ4n) is 8.61. The van der Waals surface area contributed by atoms with Gasteiger partial charge in [-0.1, -0.05) is 0 Å². The topological polar surface area (TPSA) is 1100 Å². The van der Waals surface area contributed by atoms with Crippen LogP contribution in [0.3, 0.4) is 0 Å². The average Bonchev–Trinajstić information content (AvgIpc) is 0.764. The van der Waals surface area contributed by atoms with Gasteiger partial charge in [-0.2, -0.15) is 135 Å². The van der Waals surface area contributed by atoms with Crippen molar-refractivity contribution in [2.45, 2.75) is 110 Å². The van der Waals surface area contributed by atoms with E-state index in [1.165, 1.54) is 0 Å². The Hall–Kier alpha value is 12.7. The van der Waals surface area contributed by atoms with E-state index in [1.807, 2.05) is 0 Å². The number of likely N-dealkylation sites (N-methyl/N-ethyl adjacent to an activating group) is 2. The van der Waals surface area contributed by atoms with Gasteiger partial charge in [-0.3, -0.25) is 82.4 Å². The molecule has 0 unspecified atom stereocenters. The molecule has 2 heterocycles. The molecule has 16 N–H and O–H groups in total. The zero-order valence-corrected chi connectivity index (χ0v) is 115. The first-order valence-electron chi connectivity index (χ1n) is 26.5. The van der Waals surface area contributed by atoms with Gasteiger partial charge in [0.25, 0.3) is 11.8 Å². The Balaban J connectivity index is -0.000000658. The van der Waals surface area contributed by atoms with Crippen LogP contribution >= 0.6 is 0 Å². The van der Waals surface area contributed by atoms with Crippen molar-refractivity contribution in [3.63, 3.8) is 0 Å². The third-order valence-electron chi connectivity index (χ3n) is 12.1. The summed E-state index contributed by atoms with van der Waals surface area (Å²) in [7, 11) is -106. The van der Waals surface area contributed by atoms with E-state index in [9.17, 15) is 217 Å². The molecule has 72 nitrogen and oxygen atoms in total. The molecule has 18 atom stereocenters. The van der Waals surface area contributed by atoms with Crippen LogP contribution in [0, 0.1) is 0 Å². The van der Waals surface area contributed by atoms with Gasteiger partial charge in [0.1, 0.15) is 73.2 Å². The Labute approximate surface area is 1100 Å². The monoisotopic (exact) mass is 2420 g/mol. The number of ether oxygens (including phenoxy) is 4. The molecule has 0 aromatic carbocycles. The maximum Gasteiger partial charge on any atom is 0.398 e. The molecule has 2 aliphatic rings. The second-order valence-electron chi connectivity index (χ2n) is 20.6. The van der Waals surface area contributed by atoms with Gasteiger partial charge in [-0.25, -0.2) is 66.9 Å². The standard InChI is InChI=1S/C28H52N2O70S16.16Na/c1-29(25(31)21(97-113(69,70)71)17(93-109(57,58)59)13(11(89-105(45,46)47)7-83-103(39,40)41)87-27-23(99-115(75,76)77)19(95-111(63,64)65)15(91-107(51,52)53)9(85-27)5-81-101(33,34)35)3-4-30(2)26(32)22(98-114(72,73)74)18(94-110(60,61)62)14(12(90-106(48,49)50)8-84-104(42,43)44)88-28-24(100-116(78,79)80)20(96-112(66,67)68)16(92-108(54,55)56)10(86-28)6-82-102(36,37)38;;;;;;;;;;;;;;;;/h9-24,27-28H,3-8H2,1-2H3,(H,33,34,35)(H,36,37,38)(H,39,40,41)(H,42,43,44)(H,45,46,47)(H,48,49,50)(H,51,52,53)(H,54,55,56)(H,57,58,59)(H,60,61,62)(H,63,64,65)(H,66,67,68)(H,69,70,71)(H,72,73,74)(H,75,76,77)(H,78,79,80);;;;;;;;;;;;;;;;/t9-,10-,11-,12-,13-,14-,15+,16+,17+,18+,19+,20+,21-,22-,23-,24-,27+,28+;;;;;;;;;;;;;;;;/m1................/s1. The summed E-state index contributed by atoms with van der Waals surface area (Å²) in [6.45, 7) is -14.1. The third-order valence-corrected chi connectivity index (χ3v) is 19.4. The largest absolute Gasteiger partial charge is 0.398 e. The Morgan fingerprint density at radius 1 is 0.250 bits per heavy atom. The van der Waals surface area contributed by atoms with Crippen molar-refractivity contribution in [1.82, 2.24) is 9.80 Å². The predicted molar refractivity (Wildman–Crippen MR) is 421 cm³/mol. The first-order chi connectivity index (χ1) is 51.1. The van der Waals surface area contributed by atoms with Crippen molar-refractivity contribution in [3.05, 3.63) is 0 Å². The van der Waals surface area contributed by atoms with Crippen LogP contribution in [-0.4, -0.2) is 866 Å². The smallest absolute Gasteiger partial charge is 0.342 e. The van der Waals surface area contributed by atoms with Crippen LogP contribution in [-0.2, 0) is 262 Å². The summed E-state index contributed by atoms with van der Waals surface area (Å²) in [4.78, 5) is 28.5. The molecule has 2 saturated heterocycles. The SMILES string of the molecule is CN(CCN(C)C(=O)[C@H](OS(=O)(=O)O)[C@@H](OS(=O)(=O)O)[C@H](O[C@@H]1O[C@H](COS(=O)(=O)O)[C@H](OS(=O)(=O)O)[C@H](OS(=O)(=O)O)[C@H]1OS(=O)(=O)O)[C@@H](COS(=O)(=O)O)OS(=O)(=O)O)C(=O)[C@H](OS(=O)(=O)O)[C@@H](OS(=O)(=O)O)[C@H](O[C@@H]1O[C@H](COS(=O)(=O)O)[C@H](OS(=O)(=O)O)[C@H](OS(=O)(=O)O)[C@H]1OS(=O)(=O)O)[C@@H](COS(=O)(=O)O)OS(=O)(=O)O.[Na].[Na].[Na].[Na].[Na].[Na].[Na].[Na].[Na].[Na].[Na].[Na].[Na].[Na].[Na].[Na]. The Bertz CT molecular complexity index is 5150. The summed E-state index contributed by atoms with van der Waals surface area (Å²) >= 11 is 0. The van der Waals surface area contributed by atoms with E-state index in [2.05, 4.69) is 66.9 Å². The number of hydrogen-bond acceptors (Lipinski definition) is 54. The Morgan fingerprint density at radius 2 is 0.439 bits per heavy atom. The molecule has 0 bridgehead atoms. The van der Waals surface area contributed by atoms with Crippen LogP contribution < -0.4 is 0 Å². The molecular weight excluding hydrogens is 2370 g/mol. The molecule has 132 heavy (non-hydrogen) atoms. The molecule has 0 aromatic rings. The second-order valence-corrected chi connectivity index (χ2v) is 37.5. The molecule has 2 aliphatic heterocycles. The Morgan fingerprint density at radius 3 is 0.621 bits per heavy atom. The molecule has 2 fully saturated rings. The maximum absolute atomic E-state index is 14.7. The normalized spacial score (nSPS) is 21.3. The molecular formula is C28H52N2Na16O70S16. The zero-order valence-electron chi connectivity index (χ0n) is 70.3. The molecule has 706 valence electrons. The van der Waals surface area contributed by atoms with E-state index < -0.39 is 338 Å². The molecule has 104 heteroatoms. The summed E-state index contributed by atoms with van der Waals surface area (Å²) in [6.07, 6.45) is -72.3. The third kappa shape index (κ3) is 79.6. The second kappa shape index (κ2) is 72.6. The molecule has 2 amide bonds. The van der Waals surface area contributed by atoms with Gasteiger partial charge in [0.2, 0.25) is 0 Å². The predicted octanol–water partition coefficient (Wildman–Crippen LogP) is -20.4. The summed E-state index contributed by atoms with van der Waals surface area (Å²) in [6, 6.07) is 0. The van der Waals surface area contributed by atoms with E-state index in [0.29, 0.717) is 0 Å². The number of carbonyl (C=O) groups excluding carboxylic acids is 2. The van der Waals surface area contributed by atoms with Crippen LogP contribution in [0.25, 0.3) is 0 Å². The number of rotatable bonds is 51. The van der Waals surface area contributed by atoms with Gasteiger partial charge < -0.3 is 28.7 Å². The van der Waals surface area contributed by atoms with Gasteiger partial charge >= 0.3 is 166 Å². The van der Waals surface area contributed by atoms with Crippen LogP contribution in [0.4, 0.5) is 0 Å². The first-order valence-corrected chi connectivity index (χ1v) is 48.4. The van der Waals surface area contributed by atoms with Crippen LogP contribution in [0.1, 0.15) is 0 Å². The van der Waals surface area contributed by atoms with Gasteiger partial charge in [-0.15, -0.1) is 0 Å². The van der Waals surface area contributed by atoms with Gasteiger partial charge in [-0.05, 0) is 0 Å². The van der Waals surface area contributed by atoms with E-state index in [1.54, 1.807) is 0 Å². The average molecular weight is 2420 g/mol. The summed E-state index contributed by atoms with van der Waals surface area (Å²) < 4.78 is 633. The minimum Gasteiger partial charge on any atom is -0.342 e. The quantitative estimate of drug-likeness (QED) is 0.0199. The number of hydrogen-bond donors (Lipinski definition) is 16. The van der Waals surface area contributed by atoms with Gasteiger partial charge in [0.05, 0.1) is 26.4 Å². The summed E-state index contributed by atoms with van der Waals surface area (Å²) in [5.74, 6) is -5.66. The zero-order chi connectivity index (χ0) is 91.1. The number of carbonyl (C=O) groups is 2. The number of amides is 2. The van der Waals surface area contributed by atoms with E-state index in [0.717, 1.165) is 0 Å². The van der Waals surface area contributed by atoms with E-state index in [-0.39, 0.29) is 487 Å². The Kier molecular flexibility index (Phi) is 97.8. The summed E-state index contributed by atoms with van der Waals surface area (Å²) in [5.41, 5.74) is 0. The van der Waals surface area contributed by atoms with Crippen molar-refractivity contribution >= 4 is 651 Å². The minimum absolute atomic E-state index is 0. The first kappa shape index (κ1) is 178. The number of nitrogens with zero attached hydrogens (tertiary/aromatic N) is 2. The van der Waals surface area contributed by atoms with Crippen molar-refractivity contribution in [3.8, 4) is 0 Å². The molecule has 0 aliphatic carbocycles. The molecule has 0 spiro atoms. The molecule has 16 radical (unpaired) electrons. The maximum atomic E-state index is 14.7. The minimum atomic E-state index is -7.05. The van der Waals surface area contributed by atoms with Crippen LogP contribution in [0.2, 0.25) is 0 Å². The fraction of sp³-hybridized carbons (Fsp3) is 0.929. The van der Waals surface area contributed by atoms with Gasteiger partial charge in [0, 0.05) is 500 Å². The van der Waals surface area contributed by atoms with Gasteiger partial charge in [0.15, 0.2) is 37.0 Å². The molecule has 0 aromatic heterocycles. The molecule has 2 rings (SSSR count). The van der Waals surface area contributed by atoms with Crippen molar-refractivity contribution in [2.75, 3.05) is 53.6 Å². The van der Waals surface area contributed by atoms with E-state index in [4.69, 9.17) is 18.9 Å². The van der Waals surface area contributed by atoms with Crippen LogP contribution in [0.15, 0.2) is 0 Å². The summed E-state index contributed by atoms with van der Waals surface area (Å²) in [5, 5.41) is 0. The van der Waals surface area contributed by atoms with Crippen LogP contribution in [0.5, 0.6) is 0 Å². The molecule has 0 saturated carbocycles. The van der Waals surface area contributed by atoms with Crippen molar-refractivity contribution in [2.24, 2.45) is 0 Å². The van der Waals surface area contributed by atoms with E-state index >= 15 is 0 Å².